The maximum absolute atomic E-state index is 5.64. The summed E-state index contributed by atoms with van der Waals surface area (Å²) >= 11 is 0. The van der Waals surface area contributed by atoms with Crippen molar-refractivity contribution in [3.05, 3.63) is 42.5 Å². The smallest absolute Gasteiger partial charge is 0.191 e. The Morgan fingerprint density at radius 2 is 2.00 bits per heavy atom. The highest BCUT2D eigenvalue weighted by Gasteiger charge is 1.96. The second-order valence-electron chi connectivity index (χ2n) is 4.18. The molecule has 4 nitrogen and oxygen atoms in total. The van der Waals surface area contributed by atoms with Gasteiger partial charge in [0.05, 0.1) is 6.61 Å². The summed E-state index contributed by atoms with van der Waals surface area (Å²) in [7, 11) is 1.75. The van der Waals surface area contributed by atoms with E-state index in [-0.39, 0.29) is 24.0 Å². The molecule has 0 aliphatic heterocycles. The number of hydrogen-bond acceptors (Lipinski definition) is 2. The summed E-state index contributed by atoms with van der Waals surface area (Å²) in [4.78, 5) is 4.10. The molecule has 0 saturated heterocycles. The Morgan fingerprint density at radius 3 is 2.60 bits per heavy atom. The Hall–Kier alpha value is -1.24. The topological polar surface area (TPSA) is 45.7 Å². The van der Waals surface area contributed by atoms with Crippen molar-refractivity contribution >= 4 is 29.9 Å². The van der Waals surface area contributed by atoms with Gasteiger partial charge in [-0.2, -0.15) is 0 Å². The first-order chi connectivity index (χ1) is 9.26. The molecule has 0 bridgehead atoms. The molecule has 0 fully saturated rings. The highest BCUT2D eigenvalue weighted by atomic mass is 127. The van der Waals surface area contributed by atoms with Crippen LogP contribution in [0.3, 0.4) is 0 Å². The van der Waals surface area contributed by atoms with Gasteiger partial charge < -0.3 is 15.4 Å². The van der Waals surface area contributed by atoms with E-state index >= 15 is 0 Å². The minimum Gasteiger partial charge on any atom is -0.494 e. The SMILES string of the molecule is C=CCNC(=NC)NCCCOc1ccc(C)cc1.I. The number of ether oxygens (including phenoxy) is 1. The molecule has 1 aromatic rings. The molecule has 0 heterocycles. The first-order valence-corrected chi connectivity index (χ1v) is 6.51. The van der Waals surface area contributed by atoms with Crippen molar-refractivity contribution in [2.75, 3.05) is 26.7 Å². The summed E-state index contributed by atoms with van der Waals surface area (Å²) in [6, 6.07) is 8.09. The molecule has 112 valence electrons. The minimum atomic E-state index is 0. The first kappa shape index (κ1) is 18.8. The molecule has 2 N–H and O–H groups in total. The molecule has 0 amide bonds. The average Bonchev–Trinajstić information content (AvgIpc) is 2.44. The van der Waals surface area contributed by atoms with E-state index in [9.17, 15) is 0 Å². The van der Waals surface area contributed by atoms with E-state index in [4.69, 9.17) is 4.74 Å². The summed E-state index contributed by atoms with van der Waals surface area (Å²) in [5.74, 6) is 1.70. The van der Waals surface area contributed by atoms with Gasteiger partial charge in [0.15, 0.2) is 5.96 Å². The van der Waals surface area contributed by atoms with E-state index in [1.54, 1.807) is 13.1 Å². The summed E-state index contributed by atoms with van der Waals surface area (Å²) < 4.78 is 5.64. The van der Waals surface area contributed by atoms with Crippen LogP contribution in [0.5, 0.6) is 5.75 Å². The third kappa shape index (κ3) is 8.04. The van der Waals surface area contributed by atoms with Crippen LogP contribution in [0.15, 0.2) is 41.9 Å². The van der Waals surface area contributed by atoms with Crippen LogP contribution in [-0.4, -0.2) is 32.7 Å². The lowest BCUT2D eigenvalue weighted by Crippen LogP contribution is -2.38. The molecule has 0 unspecified atom stereocenters. The molecule has 0 saturated carbocycles. The molecular formula is C15H24IN3O. The Bertz CT molecular complexity index is 404. The Morgan fingerprint density at radius 1 is 1.30 bits per heavy atom. The predicted octanol–water partition coefficient (Wildman–Crippen LogP) is 2.73. The zero-order valence-corrected chi connectivity index (χ0v) is 14.5. The van der Waals surface area contributed by atoms with Crippen LogP contribution >= 0.6 is 24.0 Å². The molecule has 1 rings (SSSR count). The van der Waals surface area contributed by atoms with Gasteiger partial charge in [0.1, 0.15) is 5.75 Å². The fraction of sp³-hybridized carbons (Fsp3) is 0.400. The van der Waals surface area contributed by atoms with Gasteiger partial charge in [-0.3, -0.25) is 4.99 Å². The van der Waals surface area contributed by atoms with E-state index in [1.165, 1.54) is 5.56 Å². The van der Waals surface area contributed by atoms with E-state index in [2.05, 4.69) is 41.3 Å². The molecule has 0 aromatic heterocycles. The van der Waals surface area contributed by atoms with Crippen LogP contribution in [0, 0.1) is 6.92 Å². The van der Waals surface area contributed by atoms with Crippen molar-refractivity contribution in [1.29, 1.82) is 0 Å². The third-order valence-corrected chi connectivity index (χ3v) is 2.54. The zero-order chi connectivity index (χ0) is 13.9. The first-order valence-electron chi connectivity index (χ1n) is 6.51. The van der Waals surface area contributed by atoms with Crippen LogP contribution in [0.1, 0.15) is 12.0 Å². The molecule has 0 radical (unpaired) electrons. The summed E-state index contributed by atoms with van der Waals surface area (Å²) in [6.07, 6.45) is 2.72. The van der Waals surface area contributed by atoms with Crippen molar-refractivity contribution in [2.45, 2.75) is 13.3 Å². The highest BCUT2D eigenvalue weighted by molar-refractivity contribution is 14.0. The van der Waals surface area contributed by atoms with Gasteiger partial charge >= 0.3 is 0 Å². The number of nitrogens with zero attached hydrogens (tertiary/aromatic N) is 1. The van der Waals surface area contributed by atoms with Crippen LogP contribution in [-0.2, 0) is 0 Å². The fourth-order valence-corrected chi connectivity index (χ4v) is 1.49. The van der Waals surface area contributed by atoms with Gasteiger partial charge in [-0.1, -0.05) is 23.8 Å². The van der Waals surface area contributed by atoms with E-state index < -0.39 is 0 Å². The van der Waals surface area contributed by atoms with Gasteiger partial charge in [-0.05, 0) is 25.5 Å². The average molecular weight is 389 g/mol. The van der Waals surface area contributed by atoms with Gasteiger partial charge in [-0.15, -0.1) is 30.6 Å². The van der Waals surface area contributed by atoms with Crippen LogP contribution in [0.2, 0.25) is 0 Å². The van der Waals surface area contributed by atoms with Crippen LogP contribution in [0.25, 0.3) is 0 Å². The molecule has 1 aromatic carbocycles. The fourth-order valence-electron chi connectivity index (χ4n) is 1.49. The Labute approximate surface area is 138 Å². The lowest BCUT2D eigenvalue weighted by Gasteiger charge is -2.11. The number of rotatable bonds is 7. The van der Waals surface area contributed by atoms with Gasteiger partial charge in [0.2, 0.25) is 0 Å². The van der Waals surface area contributed by atoms with E-state index in [1.807, 2.05) is 12.1 Å². The number of guanidine groups is 1. The maximum atomic E-state index is 5.64. The van der Waals surface area contributed by atoms with Gasteiger partial charge in [0, 0.05) is 20.1 Å². The van der Waals surface area contributed by atoms with Crippen molar-refractivity contribution in [2.24, 2.45) is 4.99 Å². The van der Waals surface area contributed by atoms with Gasteiger partial charge in [0.25, 0.3) is 0 Å². The normalized spacial score (nSPS) is 10.4. The lowest BCUT2D eigenvalue weighted by molar-refractivity contribution is 0.311. The molecule has 20 heavy (non-hydrogen) atoms. The quantitative estimate of drug-likeness (QED) is 0.248. The Balaban J connectivity index is 0.00000361. The molecule has 0 spiro atoms. The summed E-state index contributed by atoms with van der Waals surface area (Å²) in [5, 5.41) is 6.32. The zero-order valence-electron chi connectivity index (χ0n) is 12.2. The Kier molecular flexibility index (Phi) is 10.9. The van der Waals surface area contributed by atoms with Crippen LogP contribution in [0.4, 0.5) is 0 Å². The number of hydrogen-bond donors (Lipinski definition) is 2. The van der Waals surface area contributed by atoms with Crippen LogP contribution < -0.4 is 15.4 Å². The summed E-state index contributed by atoms with van der Waals surface area (Å²) in [5.41, 5.74) is 1.24. The monoisotopic (exact) mass is 389 g/mol. The maximum Gasteiger partial charge on any atom is 0.191 e. The lowest BCUT2D eigenvalue weighted by atomic mass is 10.2. The number of aryl methyl sites for hydroxylation is 1. The summed E-state index contributed by atoms with van der Waals surface area (Å²) in [6.45, 7) is 7.94. The number of nitrogens with one attached hydrogen (secondary N) is 2. The molecular weight excluding hydrogens is 365 g/mol. The van der Waals surface area contributed by atoms with Crippen molar-refractivity contribution in [3.8, 4) is 5.75 Å². The minimum absolute atomic E-state index is 0. The van der Waals surface area contributed by atoms with Crippen molar-refractivity contribution in [1.82, 2.24) is 10.6 Å². The number of halogens is 1. The second-order valence-corrected chi connectivity index (χ2v) is 4.18. The largest absolute Gasteiger partial charge is 0.494 e. The molecule has 5 heteroatoms. The molecule has 0 aliphatic carbocycles. The third-order valence-electron chi connectivity index (χ3n) is 2.54. The van der Waals surface area contributed by atoms with E-state index in [0.29, 0.717) is 13.2 Å². The molecule has 0 aliphatic rings. The predicted molar refractivity (Wildman–Crippen MR) is 96.3 cm³/mol. The van der Waals surface area contributed by atoms with Gasteiger partial charge in [-0.25, -0.2) is 0 Å². The van der Waals surface area contributed by atoms with E-state index in [0.717, 1.165) is 24.7 Å². The number of aliphatic imine (C=N–C) groups is 1. The van der Waals surface area contributed by atoms with Crippen molar-refractivity contribution in [3.63, 3.8) is 0 Å². The second kappa shape index (κ2) is 11.6. The number of benzene rings is 1. The molecule has 0 atom stereocenters. The van der Waals surface area contributed by atoms with Crippen molar-refractivity contribution < 1.29 is 4.74 Å². The highest BCUT2D eigenvalue weighted by Crippen LogP contribution is 2.11. The standard InChI is InChI=1S/C15H23N3O.HI/c1-4-10-17-15(16-3)18-11-5-12-19-14-8-6-13(2)7-9-14;/h4,6-9H,1,5,10-12H2,2-3H3,(H2,16,17,18);1H.